The number of amides is 3. The Kier molecular flexibility index (Phi) is 5.96. The molecule has 0 saturated carbocycles. The Morgan fingerprint density at radius 1 is 1.12 bits per heavy atom. The Bertz CT molecular complexity index is 710. The molecule has 2 aromatic rings. The number of nitrogens with zero attached hydrogens (tertiary/aromatic N) is 1. The molecule has 0 saturated heterocycles. The topological polar surface area (TPSA) is 102 Å². The summed E-state index contributed by atoms with van der Waals surface area (Å²) in [6, 6.07) is 4.53. The Balaban J connectivity index is 2.02. The number of anilines is 2. The highest BCUT2D eigenvalue weighted by atomic mass is 32.1. The molecule has 0 aliphatic carbocycles. The molecule has 1 aromatic carbocycles. The van der Waals surface area contributed by atoms with E-state index in [-0.39, 0.29) is 11.6 Å². The van der Waals surface area contributed by atoms with Crippen LogP contribution in [-0.2, 0) is 0 Å². The third-order valence-electron chi connectivity index (χ3n) is 2.90. The Hall–Kier alpha value is -2.81. The highest BCUT2D eigenvalue weighted by Crippen LogP contribution is 2.26. The van der Waals surface area contributed by atoms with Crippen molar-refractivity contribution in [2.45, 2.75) is 6.92 Å². The summed E-state index contributed by atoms with van der Waals surface area (Å²) in [7, 11) is 3.05. The number of carbonyl (C=O) groups excluding carboxylic acids is 2. The van der Waals surface area contributed by atoms with Gasteiger partial charge in [-0.05, 0) is 6.92 Å². The molecule has 3 N–H and O–H groups in total. The van der Waals surface area contributed by atoms with Crippen molar-refractivity contribution in [1.82, 2.24) is 10.3 Å². The summed E-state index contributed by atoms with van der Waals surface area (Å²) in [5.41, 5.74) is 0.768. The van der Waals surface area contributed by atoms with E-state index in [1.54, 1.807) is 23.6 Å². The van der Waals surface area contributed by atoms with Crippen LogP contribution in [0, 0.1) is 0 Å². The largest absolute Gasteiger partial charge is 0.497 e. The molecule has 0 atom stereocenters. The molecule has 0 radical (unpaired) electrons. The number of benzene rings is 1. The van der Waals surface area contributed by atoms with Gasteiger partial charge >= 0.3 is 6.03 Å². The molecule has 128 valence electrons. The number of aromatic nitrogens is 1. The fraction of sp³-hybridized carbons (Fsp3) is 0.267. The van der Waals surface area contributed by atoms with E-state index in [4.69, 9.17) is 9.47 Å². The number of carbonyl (C=O) groups is 2. The lowest BCUT2D eigenvalue weighted by Crippen LogP contribution is -2.23. The minimum Gasteiger partial charge on any atom is -0.497 e. The van der Waals surface area contributed by atoms with E-state index in [1.807, 2.05) is 6.92 Å². The van der Waals surface area contributed by atoms with Gasteiger partial charge in [0, 0.05) is 35.8 Å². The molecule has 1 heterocycles. The summed E-state index contributed by atoms with van der Waals surface area (Å²) < 4.78 is 10.3. The number of nitrogens with one attached hydrogen (secondary N) is 3. The van der Waals surface area contributed by atoms with Gasteiger partial charge in [0.1, 0.15) is 17.2 Å². The number of ether oxygens (including phenoxy) is 2. The minimum absolute atomic E-state index is 0.264. The molecular formula is C15H18N4O4S. The van der Waals surface area contributed by atoms with Crippen molar-refractivity contribution in [3.05, 3.63) is 29.3 Å². The summed E-state index contributed by atoms with van der Waals surface area (Å²) in [5, 5.41) is 9.78. The maximum absolute atomic E-state index is 12.0. The smallest absolute Gasteiger partial charge is 0.325 e. The third-order valence-corrected chi connectivity index (χ3v) is 3.66. The molecule has 0 fully saturated rings. The predicted molar refractivity (Wildman–Crippen MR) is 92.3 cm³/mol. The van der Waals surface area contributed by atoms with Gasteiger partial charge in [-0.1, -0.05) is 0 Å². The Morgan fingerprint density at radius 3 is 2.38 bits per heavy atom. The summed E-state index contributed by atoms with van der Waals surface area (Å²) in [6.07, 6.45) is 0. The standard InChI is InChI=1S/C15H18N4O4S/c1-4-16-13(20)12-8-24-15(18-12)19-14(21)17-9-5-10(22-2)7-11(6-9)23-3/h5-8H,4H2,1-3H3,(H,16,20)(H2,17,18,19,21). The van der Waals surface area contributed by atoms with Gasteiger partial charge in [-0.3, -0.25) is 10.1 Å². The monoisotopic (exact) mass is 350 g/mol. The lowest BCUT2D eigenvalue weighted by Gasteiger charge is -2.09. The maximum atomic E-state index is 12.0. The Morgan fingerprint density at radius 2 is 1.79 bits per heavy atom. The van der Waals surface area contributed by atoms with Crippen molar-refractivity contribution in [3.8, 4) is 11.5 Å². The van der Waals surface area contributed by atoms with Crippen LogP contribution >= 0.6 is 11.3 Å². The molecule has 0 spiro atoms. The lowest BCUT2D eigenvalue weighted by atomic mass is 10.3. The van der Waals surface area contributed by atoms with Crippen LogP contribution in [0.4, 0.5) is 15.6 Å². The first-order valence-electron chi connectivity index (χ1n) is 7.10. The Labute approximate surface area is 143 Å². The zero-order chi connectivity index (χ0) is 17.5. The maximum Gasteiger partial charge on any atom is 0.325 e. The summed E-state index contributed by atoms with van der Waals surface area (Å²) in [5.74, 6) is 0.828. The molecule has 24 heavy (non-hydrogen) atoms. The van der Waals surface area contributed by atoms with E-state index in [0.29, 0.717) is 28.9 Å². The third kappa shape index (κ3) is 4.59. The molecule has 0 aliphatic rings. The van der Waals surface area contributed by atoms with Crippen LogP contribution in [0.15, 0.2) is 23.6 Å². The van der Waals surface area contributed by atoms with Gasteiger partial charge in [0.05, 0.1) is 14.2 Å². The van der Waals surface area contributed by atoms with Gasteiger partial charge in [-0.25, -0.2) is 9.78 Å². The van der Waals surface area contributed by atoms with Crippen molar-refractivity contribution in [1.29, 1.82) is 0 Å². The zero-order valence-corrected chi connectivity index (χ0v) is 14.3. The van der Waals surface area contributed by atoms with Crippen LogP contribution in [0.1, 0.15) is 17.4 Å². The van der Waals surface area contributed by atoms with Crippen molar-refractivity contribution < 1.29 is 19.1 Å². The van der Waals surface area contributed by atoms with E-state index < -0.39 is 6.03 Å². The average Bonchev–Trinajstić information content (AvgIpc) is 3.03. The first kappa shape index (κ1) is 17.5. The van der Waals surface area contributed by atoms with Crippen molar-refractivity contribution in [3.63, 3.8) is 0 Å². The van der Waals surface area contributed by atoms with Crippen LogP contribution in [-0.4, -0.2) is 37.7 Å². The average molecular weight is 350 g/mol. The molecule has 0 aliphatic heterocycles. The second-order valence-electron chi connectivity index (χ2n) is 4.58. The molecule has 0 bridgehead atoms. The van der Waals surface area contributed by atoms with Gasteiger partial charge in [0.2, 0.25) is 0 Å². The number of methoxy groups -OCH3 is 2. The first-order chi connectivity index (χ1) is 11.5. The highest BCUT2D eigenvalue weighted by molar-refractivity contribution is 7.14. The highest BCUT2D eigenvalue weighted by Gasteiger charge is 2.12. The molecule has 2 rings (SSSR count). The van der Waals surface area contributed by atoms with Gasteiger partial charge in [-0.15, -0.1) is 11.3 Å². The van der Waals surface area contributed by atoms with E-state index in [1.165, 1.54) is 14.2 Å². The number of urea groups is 1. The molecule has 8 nitrogen and oxygen atoms in total. The number of thiazole rings is 1. The number of hydrogen-bond acceptors (Lipinski definition) is 6. The first-order valence-corrected chi connectivity index (χ1v) is 7.98. The fourth-order valence-electron chi connectivity index (χ4n) is 1.83. The van der Waals surface area contributed by atoms with Crippen molar-refractivity contribution >= 4 is 34.1 Å². The van der Waals surface area contributed by atoms with E-state index >= 15 is 0 Å². The normalized spacial score (nSPS) is 9.96. The van der Waals surface area contributed by atoms with E-state index in [9.17, 15) is 9.59 Å². The zero-order valence-electron chi connectivity index (χ0n) is 13.5. The number of rotatable bonds is 6. The fourth-order valence-corrected chi connectivity index (χ4v) is 2.51. The second-order valence-corrected chi connectivity index (χ2v) is 5.44. The van der Waals surface area contributed by atoms with Crippen molar-refractivity contribution in [2.75, 3.05) is 31.4 Å². The van der Waals surface area contributed by atoms with Crippen LogP contribution < -0.4 is 25.4 Å². The minimum atomic E-state index is -0.484. The molecule has 3 amide bonds. The molecule has 9 heteroatoms. The summed E-state index contributed by atoms with van der Waals surface area (Å²) >= 11 is 1.16. The summed E-state index contributed by atoms with van der Waals surface area (Å²) in [6.45, 7) is 2.33. The lowest BCUT2D eigenvalue weighted by molar-refractivity contribution is 0.0951. The van der Waals surface area contributed by atoms with E-state index in [2.05, 4.69) is 20.9 Å². The second kappa shape index (κ2) is 8.16. The van der Waals surface area contributed by atoms with Gasteiger partial charge < -0.3 is 20.1 Å². The quantitative estimate of drug-likeness (QED) is 0.743. The summed E-state index contributed by atoms with van der Waals surface area (Å²) in [4.78, 5) is 27.8. The predicted octanol–water partition coefficient (Wildman–Crippen LogP) is 2.55. The molecule has 0 unspecified atom stereocenters. The van der Waals surface area contributed by atoms with Crippen molar-refractivity contribution in [2.24, 2.45) is 0 Å². The van der Waals surface area contributed by atoms with Crippen LogP contribution in [0.3, 0.4) is 0 Å². The van der Waals surface area contributed by atoms with Gasteiger partial charge in [-0.2, -0.15) is 0 Å². The molecular weight excluding hydrogens is 332 g/mol. The van der Waals surface area contributed by atoms with Gasteiger partial charge in [0.15, 0.2) is 5.13 Å². The van der Waals surface area contributed by atoms with Crippen LogP contribution in [0.5, 0.6) is 11.5 Å². The van der Waals surface area contributed by atoms with E-state index in [0.717, 1.165) is 11.3 Å². The number of hydrogen-bond donors (Lipinski definition) is 3. The molecule has 1 aromatic heterocycles. The SMILES string of the molecule is CCNC(=O)c1csc(NC(=O)Nc2cc(OC)cc(OC)c2)n1. The van der Waals surface area contributed by atoms with Crippen LogP contribution in [0.25, 0.3) is 0 Å². The van der Waals surface area contributed by atoms with Crippen LogP contribution in [0.2, 0.25) is 0 Å². The van der Waals surface area contributed by atoms with Gasteiger partial charge in [0.25, 0.3) is 5.91 Å².